The molecule has 80 valence electrons. The molecule has 0 aromatic heterocycles. The van der Waals surface area contributed by atoms with Gasteiger partial charge < -0.3 is 0 Å². The maximum atomic E-state index is 12.4. The normalized spacial score (nSPS) is 12.7. The maximum Gasteiger partial charge on any atom is 0.419 e. The third-order valence-corrected chi connectivity index (χ3v) is 1.80. The van der Waals surface area contributed by atoms with Gasteiger partial charge in [-0.05, 0) is 18.6 Å². The van der Waals surface area contributed by atoms with Crippen molar-refractivity contribution in [1.29, 1.82) is 0 Å². The molecule has 4 heteroatoms. The summed E-state index contributed by atoms with van der Waals surface area (Å²) in [6.07, 6.45) is -3.75. The molecule has 0 N–H and O–H groups in total. The van der Waals surface area contributed by atoms with E-state index in [9.17, 15) is 18.0 Å². The first-order valence-electron chi connectivity index (χ1n) is 4.26. The van der Waals surface area contributed by atoms with Gasteiger partial charge in [-0.2, -0.15) is 13.2 Å². The zero-order valence-electron chi connectivity index (χ0n) is 8.01. The van der Waals surface area contributed by atoms with Crippen LogP contribution >= 0.6 is 0 Å². The number of benzene rings is 1. The number of alkyl halides is 3. The summed E-state index contributed by atoms with van der Waals surface area (Å²) in [5, 5.41) is 0. The van der Waals surface area contributed by atoms with Crippen LogP contribution in [0.15, 0.2) is 35.9 Å². The first-order valence-corrected chi connectivity index (χ1v) is 4.26. The fraction of sp³-hybridized carbons (Fsp3) is 0.182. The molecule has 0 fully saturated rings. The lowest BCUT2D eigenvalue weighted by atomic mass is 10.1. The molecule has 0 saturated carbocycles. The zero-order valence-corrected chi connectivity index (χ0v) is 8.01. The highest BCUT2D eigenvalue weighted by molar-refractivity contribution is 5.99. The molecular weight excluding hydrogens is 205 g/mol. The van der Waals surface area contributed by atoms with Crippen LogP contribution in [0.2, 0.25) is 0 Å². The van der Waals surface area contributed by atoms with Gasteiger partial charge >= 0.3 is 6.18 Å². The third-order valence-electron chi connectivity index (χ3n) is 1.80. The van der Waals surface area contributed by atoms with Gasteiger partial charge in [0.1, 0.15) is 0 Å². The molecular formula is C11H9F3O. The SMILES string of the molecule is CC(=O)C(=Cc1ccccc1)C(F)(F)F. The second-order valence-electron chi connectivity index (χ2n) is 3.02. The van der Waals surface area contributed by atoms with Crippen molar-refractivity contribution >= 4 is 11.9 Å². The van der Waals surface area contributed by atoms with Crippen LogP contribution in [-0.2, 0) is 4.79 Å². The first-order chi connectivity index (χ1) is 6.91. The van der Waals surface area contributed by atoms with Crippen molar-refractivity contribution in [2.45, 2.75) is 13.1 Å². The molecule has 1 aromatic rings. The largest absolute Gasteiger partial charge is 0.419 e. The lowest BCUT2D eigenvalue weighted by Gasteiger charge is -2.08. The van der Waals surface area contributed by atoms with E-state index in [2.05, 4.69) is 0 Å². The average Bonchev–Trinajstić information content (AvgIpc) is 2.13. The molecule has 0 spiro atoms. The highest BCUT2D eigenvalue weighted by Crippen LogP contribution is 2.27. The second kappa shape index (κ2) is 4.29. The van der Waals surface area contributed by atoms with E-state index in [1.807, 2.05) is 0 Å². The van der Waals surface area contributed by atoms with Gasteiger partial charge in [0.2, 0.25) is 0 Å². The molecule has 0 aliphatic heterocycles. The molecule has 15 heavy (non-hydrogen) atoms. The Hall–Kier alpha value is -1.58. The van der Waals surface area contributed by atoms with Gasteiger partial charge in [-0.15, -0.1) is 0 Å². The van der Waals surface area contributed by atoms with E-state index in [0.29, 0.717) is 5.56 Å². The monoisotopic (exact) mass is 214 g/mol. The molecule has 0 bridgehead atoms. The summed E-state index contributed by atoms with van der Waals surface area (Å²) in [6, 6.07) is 7.93. The van der Waals surface area contributed by atoms with Crippen LogP contribution in [0.4, 0.5) is 13.2 Å². The predicted molar refractivity (Wildman–Crippen MR) is 51.2 cm³/mol. The number of allylic oxidation sites excluding steroid dienone is 1. The lowest BCUT2D eigenvalue weighted by molar-refractivity contribution is -0.126. The minimum atomic E-state index is -4.60. The number of halogens is 3. The average molecular weight is 214 g/mol. The van der Waals surface area contributed by atoms with E-state index in [4.69, 9.17) is 0 Å². The van der Waals surface area contributed by atoms with Crippen LogP contribution in [-0.4, -0.2) is 12.0 Å². The highest BCUT2D eigenvalue weighted by Gasteiger charge is 2.36. The summed E-state index contributed by atoms with van der Waals surface area (Å²) >= 11 is 0. The number of ketones is 1. The van der Waals surface area contributed by atoms with Crippen molar-refractivity contribution in [3.63, 3.8) is 0 Å². The summed E-state index contributed by atoms with van der Waals surface area (Å²) in [5.41, 5.74) is -0.770. The minimum Gasteiger partial charge on any atom is -0.295 e. The molecule has 0 aliphatic carbocycles. The molecule has 0 saturated heterocycles. The Morgan fingerprint density at radius 1 is 1.20 bits per heavy atom. The Bertz CT molecular complexity index is 377. The van der Waals surface area contributed by atoms with E-state index in [-0.39, 0.29) is 0 Å². The van der Waals surface area contributed by atoms with Crippen LogP contribution in [0, 0.1) is 0 Å². The molecule has 1 nitrogen and oxygen atoms in total. The molecule has 0 heterocycles. The standard InChI is InChI=1S/C11H9F3O/c1-8(15)10(11(12,13)14)7-9-5-3-2-4-6-9/h2-7H,1H3. The van der Waals surface area contributed by atoms with Gasteiger partial charge in [-0.3, -0.25) is 4.79 Å². The summed E-state index contributed by atoms with van der Waals surface area (Å²) in [4.78, 5) is 10.8. The van der Waals surface area contributed by atoms with Gasteiger partial charge in [0.15, 0.2) is 5.78 Å². The first kappa shape index (κ1) is 11.5. The van der Waals surface area contributed by atoms with Crippen molar-refractivity contribution in [3.8, 4) is 0 Å². The Kier molecular flexibility index (Phi) is 3.29. The van der Waals surface area contributed by atoms with E-state index in [0.717, 1.165) is 13.0 Å². The third kappa shape index (κ3) is 3.23. The van der Waals surface area contributed by atoms with Gasteiger partial charge in [-0.25, -0.2) is 0 Å². The van der Waals surface area contributed by atoms with Gasteiger partial charge in [0, 0.05) is 0 Å². The van der Waals surface area contributed by atoms with Crippen molar-refractivity contribution in [1.82, 2.24) is 0 Å². The predicted octanol–water partition coefficient (Wildman–Crippen LogP) is 3.22. The van der Waals surface area contributed by atoms with E-state index in [1.54, 1.807) is 18.2 Å². The van der Waals surface area contributed by atoms with Crippen molar-refractivity contribution in [2.75, 3.05) is 0 Å². The van der Waals surface area contributed by atoms with Gasteiger partial charge in [0.05, 0.1) is 5.57 Å². The van der Waals surface area contributed by atoms with Crippen LogP contribution in [0.25, 0.3) is 6.08 Å². The lowest BCUT2D eigenvalue weighted by Crippen LogP contribution is -2.17. The van der Waals surface area contributed by atoms with E-state index in [1.165, 1.54) is 12.1 Å². The number of carbonyl (C=O) groups excluding carboxylic acids is 1. The van der Waals surface area contributed by atoms with Crippen LogP contribution in [0.5, 0.6) is 0 Å². The smallest absolute Gasteiger partial charge is 0.295 e. The molecule has 0 unspecified atom stereocenters. The summed E-state index contributed by atoms with van der Waals surface area (Å²) in [7, 11) is 0. The van der Waals surface area contributed by atoms with Crippen molar-refractivity contribution in [3.05, 3.63) is 41.5 Å². The Morgan fingerprint density at radius 3 is 2.13 bits per heavy atom. The quantitative estimate of drug-likeness (QED) is 0.691. The van der Waals surface area contributed by atoms with Crippen molar-refractivity contribution < 1.29 is 18.0 Å². The number of Topliss-reactive ketones (excluding diaryl/α,β-unsaturated/α-hetero) is 1. The summed E-state index contributed by atoms with van der Waals surface area (Å²) < 4.78 is 37.1. The second-order valence-corrected chi connectivity index (χ2v) is 3.02. The number of rotatable bonds is 2. The van der Waals surface area contributed by atoms with Crippen LogP contribution in [0.1, 0.15) is 12.5 Å². The zero-order chi connectivity index (χ0) is 11.5. The number of carbonyl (C=O) groups is 1. The van der Waals surface area contributed by atoms with E-state index >= 15 is 0 Å². The van der Waals surface area contributed by atoms with Gasteiger partial charge in [-0.1, -0.05) is 30.3 Å². The highest BCUT2D eigenvalue weighted by atomic mass is 19.4. The molecule has 0 atom stereocenters. The fourth-order valence-electron chi connectivity index (χ4n) is 1.10. The minimum absolute atomic E-state index is 0.361. The van der Waals surface area contributed by atoms with E-state index < -0.39 is 17.5 Å². The molecule has 1 rings (SSSR count). The Morgan fingerprint density at radius 2 is 1.73 bits per heavy atom. The summed E-state index contributed by atoms with van der Waals surface area (Å²) in [5.74, 6) is -0.980. The van der Waals surface area contributed by atoms with Crippen molar-refractivity contribution in [2.24, 2.45) is 0 Å². The summed E-state index contributed by atoms with van der Waals surface area (Å²) in [6.45, 7) is 0.905. The van der Waals surface area contributed by atoms with Crippen LogP contribution < -0.4 is 0 Å². The molecule has 1 aromatic carbocycles. The number of hydrogen-bond acceptors (Lipinski definition) is 1. The fourth-order valence-corrected chi connectivity index (χ4v) is 1.10. The topological polar surface area (TPSA) is 17.1 Å². The maximum absolute atomic E-state index is 12.4. The molecule has 0 radical (unpaired) electrons. The number of hydrogen-bond donors (Lipinski definition) is 0. The molecule has 0 aliphatic rings. The molecule has 0 amide bonds. The Labute approximate surface area is 85.2 Å². The van der Waals surface area contributed by atoms with Crippen LogP contribution in [0.3, 0.4) is 0 Å². The Balaban J connectivity index is 3.12. The van der Waals surface area contributed by atoms with Gasteiger partial charge in [0.25, 0.3) is 0 Å².